The molecule has 7 aromatic carbocycles. The van der Waals surface area contributed by atoms with Gasteiger partial charge >= 0.3 is 0 Å². The molecule has 1 radical (unpaired) electrons. The molecule has 203 valence electrons. The number of benzene rings is 7. The van der Waals surface area contributed by atoms with E-state index in [2.05, 4.69) is 134 Å². The topological polar surface area (TPSA) is 21.3 Å². The number of fused-ring (bicyclic) bond motifs is 9. The maximum absolute atomic E-state index is 6.43. The third kappa shape index (κ3) is 3.32. The number of ether oxygens (including phenoxy) is 1. The Morgan fingerprint density at radius 3 is 2.27 bits per heavy atom. The summed E-state index contributed by atoms with van der Waals surface area (Å²) in [6.45, 7) is 0. The molecule has 0 amide bonds. The average molecular weight is 558 g/mol. The second kappa shape index (κ2) is 8.98. The minimum absolute atomic E-state index is 0.147. The molecule has 10 rings (SSSR count). The molecule has 0 saturated carbocycles. The van der Waals surface area contributed by atoms with Crippen molar-refractivity contribution < 1.29 is 4.74 Å². The van der Waals surface area contributed by atoms with E-state index in [4.69, 9.17) is 4.74 Å². The van der Waals surface area contributed by atoms with Crippen LogP contribution in [-0.2, 0) is 0 Å². The van der Waals surface area contributed by atoms with Gasteiger partial charge in [0.2, 0.25) is 0 Å². The molecule has 2 aliphatic heterocycles. The van der Waals surface area contributed by atoms with Gasteiger partial charge in [0.1, 0.15) is 0 Å². The number of nitrogens with one attached hydrogen (secondary N) is 1. The van der Waals surface area contributed by atoms with Crippen LogP contribution in [0.1, 0.15) is 22.6 Å². The van der Waals surface area contributed by atoms with Crippen molar-refractivity contribution in [3.05, 3.63) is 156 Å². The van der Waals surface area contributed by atoms with Gasteiger partial charge in [0.15, 0.2) is 18.8 Å². The Bertz CT molecular complexity index is 2320. The molecular formula is C41H25BNO. The maximum Gasteiger partial charge on any atom is 0.193 e. The first-order valence-corrected chi connectivity index (χ1v) is 15.2. The lowest BCUT2D eigenvalue weighted by Crippen LogP contribution is -2.40. The second-order valence-corrected chi connectivity index (χ2v) is 11.9. The van der Waals surface area contributed by atoms with Gasteiger partial charge in [-0.05, 0) is 79.5 Å². The normalized spacial score (nSPS) is 14.7. The summed E-state index contributed by atoms with van der Waals surface area (Å²) in [7, 11) is 2.42. The van der Waals surface area contributed by atoms with Crippen LogP contribution < -0.4 is 21.0 Å². The van der Waals surface area contributed by atoms with E-state index in [1.165, 1.54) is 66.2 Å². The fourth-order valence-corrected chi connectivity index (χ4v) is 7.70. The van der Waals surface area contributed by atoms with Crippen LogP contribution in [0.2, 0.25) is 0 Å². The van der Waals surface area contributed by atoms with E-state index >= 15 is 0 Å². The summed E-state index contributed by atoms with van der Waals surface area (Å²) in [5.74, 6) is 1.84. The highest BCUT2D eigenvalue weighted by atomic mass is 16.5. The molecule has 7 aromatic rings. The number of anilines is 2. The molecule has 0 fully saturated rings. The molecule has 44 heavy (non-hydrogen) atoms. The lowest BCUT2D eigenvalue weighted by Gasteiger charge is -2.31. The molecule has 0 saturated heterocycles. The summed E-state index contributed by atoms with van der Waals surface area (Å²) in [5.41, 5.74) is 16.2. The fourth-order valence-electron chi connectivity index (χ4n) is 7.70. The van der Waals surface area contributed by atoms with Gasteiger partial charge in [-0.1, -0.05) is 126 Å². The van der Waals surface area contributed by atoms with Crippen LogP contribution in [-0.4, -0.2) is 7.28 Å². The highest BCUT2D eigenvalue weighted by Crippen LogP contribution is 2.52. The first-order valence-electron chi connectivity index (χ1n) is 15.2. The van der Waals surface area contributed by atoms with Crippen LogP contribution in [0.25, 0.3) is 44.2 Å². The van der Waals surface area contributed by atoms with E-state index in [9.17, 15) is 0 Å². The first kappa shape index (κ1) is 24.0. The molecule has 0 bridgehead atoms. The minimum atomic E-state index is 0.147. The SMILES string of the molecule is [B]1c2cccc3c2C(c2cc(-c4ccccc4)cc(-c4cccc5c4Nc4ccccc4O5)c21)c1c-3ccc2ccccc12. The van der Waals surface area contributed by atoms with Gasteiger partial charge < -0.3 is 10.1 Å². The molecule has 1 aliphatic carbocycles. The third-order valence-electron chi connectivity index (χ3n) is 9.59. The average Bonchev–Trinajstić information content (AvgIpc) is 3.44. The molecule has 2 nitrogen and oxygen atoms in total. The predicted molar refractivity (Wildman–Crippen MR) is 182 cm³/mol. The van der Waals surface area contributed by atoms with Crippen molar-refractivity contribution in [1.82, 2.24) is 0 Å². The van der Waals surface area contributed by atoms with Gasteiger partial charge in [0, 0.05) is 11.5 Å². The number of hydrogen-bond donors (Lipinski definition) is 1. The Labute approximate surface area is 256 Å². The third-order valence-corrected chi connectivity index (χ3v) is 9.59. The van der Waals surface area contributed by atoms with Gasteiger partial charge in [-0.25, -0.2) is 0 Å². The zero-order valence-corrected chi connectivity index (χ0v) is 23.8. The molecule has 1 atom stereocenters. The van der Waals surface area contributed by atoms with Crippen molar-refractivity contribution in [2.24, 2.45) is 0 Å². The van der Waals surface area contributed by atoms with Gasteiger partial charge in [0.05, 0.1) is 11.4 Å². The van der Waals surface area contributed by atoms with Gasteiger partial charge in [-0.15, -0.1) is 0 Å². The monoisotopic (exact) mass is 558 g/mol. The van der Waals surface area contributed by atoms with E-state index in [-0.39, 0.29) is 5.92 Å². The lowest BCUT2D eigenvalue weighted by molar-refractivity contribution is 0.481. The standard InChI is InChI=1S/C41H25BNO/c1-2-10-24(11-3-1)26-22-31(30-15-9-19-36-41(30)43-34-17-6-7-18-35(34)44-36)40-32(23-26)39-37-27-13-5-4-12-25(27)20-21-29(37)28-14-8-16-33(42-40)38(28)39/h1-23,39,43H. The number of para-hydroxylation sites is 3. The molecule has 0 spiro atoms. The predicted octanol–water partition coefficient (Wildman–Crippen LogP) is 9.15. The van der Waals surface area contributed by atoms with Crippen molar-refractivity contribution in [3.63, 3.8) is 0 Å². The fraction of sp³-hybridized carbons (Fsp3) is 0.0244. The van der Waals surface area contributed by atoms with Crippen molar-refractivity contribution in [2.75, 3.05) is 5.32 Å². The van der Waals surface area contributed by atoms with Crippen molar-refractivity contribution in [1.29, 1.82) is 0 Å². The zero-order chi connectivity index (χ0) is 28.8. The van der Waals surface area contributed by atoms with Crippen LogP contribution in [0, 0.1) is 0 Å². The van der Waals surface area contributed by atoms with E-state index in [1.54, 1.807) is 0 Å². The molecule has 1 N–H and O–H groups in total. The Hall–Kier alpha value is -5.54. The molecule has 1 unspecified atom stereocenters. The van der Waals surface area contributed by atoms with Crippen LogP contribution in [0.4, 0.5) is 11.4 Å². The van der Waals surface area contributed by atoms with Crippen LogP contribution in [0.15, 0.2) is 140 Å². The zero-order valence-electron chi connectivity index (χ0n) is 23.8. The van der Waals surface area contributed by atoms with Crippen molar-refractivity contribution >= 4 is 40.4 Å². The summed E-state index contributed by atoms with van der Waals surface area (Å²) in [4.78, 5) is 0. The Morgan fingerprint density at radius 1 is 0.545 bits per heavy atom. The van der Waals surface area contributed by atoms with E-state index in [1.807, 2.05) is 18.2 Å². The molecule has 3 heteroatoms. The summed E-state index contributed by atoms with van der Waals surface area (Å²) in [5, 5.41) is 6.35. The number of rotatable bonds is 2. The van der Waals surface area contributed by atoms with Gasteiger partial charge in [-0.2, -0.15) is 0 Å². The highest BCUT2D eigenvalue weighted by Gasteiger charge is 2.39. The molecule has 0 aromatic heterocycles. The molecule has 2 heterocycles. The second-order valence-electron chi connectivity index (χ2n) is 11.9. The quantitative estimate of drug-likeness (QED) is 0.214. The number of hydrogen-bond acceptors (Lipinski definition) is 2. The lowest BCUT2D eigenvalue weighted by atomic mass is 9.52. The Morgan fingerprint density at radius 2 is 1.32 bits per heavy atom. The summed E-state index contributed by atoms with van der Waals surface area (Å²) in [6.07, 6.45) is 0. The highest BCUT2D eigenvalue weighted by molar-refractivity contribution is 6.71. The van der Waals surface area contributed by atoms with Gasteiger partial charge in [0.25, 0.3) is 0 Å². The summed E-state index contributed by atoms with van der Waals surface area (Å²) < 4.78 is 6.43. The van der Waals surface area contributed by atoms with E-state index in [0.717, 1.165) is 28.4 Å². The van der Waals surface area contributed by atoms with E-state index in [0.29, 0.717) is 0 Å². The smallest absolute Gasteiger partial charge is 0.193 e. The van der Waals surface area contributed by atoms with Crippen LogP contribution in [0.5, 0.6) is 11.5 Å². The molecule has 3 aliphatic rings. The summed E-state index contributed by atoms with van der Waals surface area (Å²) in [6, 6.07) is 50.4. The van der Waals surface area contributed by atoms with Crippen LogP contribution in [0.3, 0.4) is 0 Å². The Kier molecular flexibility index (Phi) is 4.89. The minimum Gasteiger partial charge on any atom is -0.453 e. The van der Waals surface area contributed by atoms with E-state index < -0.39 is 0 Å². The van der Waals surface area contributed by atoms with Crippen molar-refractivity contribution in [2.45, 2.75) is 5.92 Å². The Balaban J connectivity index is 1.28. The van der Waals surface area contributed by atoms with Crippen molar-refractivity contribution in [3.8, 4) is 44.9 Å². The maximum atomic E-state index is 6.43. The summed E-state index contributed by atoms with van der Waals surface area (Å²) >= 11 is 0. The first-order chi connectivity index (χ1) is 21.8. The molecular weight excluding hydrogens is 533 g/mol. The van der Waals surface area contributed by atoms with Crippen LogP contribution >= 0.6 is 0 Å². The largest absolute Gasteiger partial charge is 0.453 e. The van der Waals surface area contributed by atoms with Gasteiger partial charge in [-0.3, -0.25) is 0 Å².